The third-order valence-electron chi connectivity index (χ3n) is 9.42. The number of aryl methyl sites for hydroxylation is 2. The van der Waals surface area contributed by atoms with Crippen LogP contribution in [-0.2, 0) is 24.2 Å². The van der Waals surface area contributed by atoms with Crippen LogP contribution in [0.4, 0.5) is 15.9 Å². The molecule has 1 saturated heterocycles. The van der Waals surface area contributed by atoms with Gasteiger partial charge in [-0.2, -0.15) is 0 Å². The van der Waals surface area contributed by atoms with Gasteiger partial charge in [0.25, 0.3) is 0 Å². The van der Waals surface area contributed by atoms with E-state index in [2.05, 4.69) is 51.8 Å². The summed E-state index contributed by atoms with van der Waals surface area (Å²) in [4.78, 5) is 30.4. The molecule has 3 aromatic heterocycles. The highest BCUT2D eigenvalue weighted by molar-refractivity contribution is 6.05. The highest BCUT2D eigenvalue weighted by Crippen LogP contribution is 2.43. The van der Waals surface area contributed by atoms with Gasteiger partial charge < -0.3 is 19.3 Å². The quantitative estimate of drug-likeness (QED) is 0.233. The van der Waals surface area contributed by atoms with E-state index in [0.717, 1.165) is 72.7 Å². The molecule has 2 aliphatic heterocycles. The number of nitrogens with zero attached hydrogens (tertiary/aromatic N) is 5. The minimum absolute atomic E-state index is 0.0525. The summed E-state index contributed by atoms with van der Waals surface area (Å²) in [5.74, 6) is -0.472. The van der Waals surface area contributed by atoms with Gasteiger partial charge in [-0.3, -0.25) is 9.78 Å². The number of halogens is 1. The van der Waals surface area contributed by atoms with Crippen molar-refractivity contribution in [2.24, 2.45) is 5.41 Å². The molecule has 0 atom stereocenters. The van der Waals surface area contributed by atoms with Gasteiger partial charge in [0.1, 0.15) is 23.2 Å². The smallest absolute Gasteiger partial charge is 0.307 e. The Balaban J connectivity index is 1.26. The third-order valence-corrected chi connectivity index (χ3v) is 9.42. The molecule has 5 heterocycles. The SMILES string of the molecule is Cc1nc(C)c(-c2ccc3c(c2)CCN(c2ncnc4c2oc2ccc(F)cc24)C3)c(N2CCC(C)(C)CC2)c1CC(=O)O. The Morgan fingerprint density at radius 1 is 1.00 bits per heavy atom. The van der Waals surface area contributed by atoms with Crippen molar-refractivity contribution in [1.82, 2.24) is 15.0 Å². The number of furan rings is 1. The summed E-state index contributed by atoms with van der Waals surface area (Å²) in [6.45, 7) is 11.7. The van der Waals surface area contributed by atoms with E-state index >= 15 is 0 Å². The van der Waals surface area contributed by atoms with Gasteiger partial charge in [0.15, 0.2) is 11.4 Å². The van der Waals surface area contributed by atoms with E-state index in [1.165, 1.54) is 29.6 Å². The van der Waals surface area contributed by atoms with Gasteiger partial charge in [-0.1, -0.05) is 32.0 Å². The van der Waals surface area contributed by atoms with Crippen molar-refractivity contribution in [3.05, 3.63) is 76.6 Å². The number of pyridine rings is 1. The van der Waals surface area contributed by atoms with Gasteiger partial charge in [0.2, 0.25) is 0 Å². The summed E-state index contributed by atoms with van der Waals surface area (Å²) in [5, 5.41) is 10.5. The lowest BCUT2D eigenvalue weighted by Crippen LogP contribution is -2.38. The van der Waals surface area contributed by atoms with Gasteiger partial charge >= 0.3 is 5.97 Å². The van der Waals surface area contributed by atoms with Crippen LogP contribution in [0.15, 0.2) is 47.1 Å². The summed E-state index contributed by atoms with van der Waals surface area (Å²) in [5.41, 5.74) is 10.1. The van der Waals surface area contributed by atoms with Crippen LogP contribution in [0.3, 0.4) is 0 Å². The number of carbonyl (C=O) groups is 1. The lowest BCUT2D eigenvalue weighted by Gasteiger charge is -2.40. The zero-order chi connectivity index (χ0) is 30.7. The lowest BCUT2D eigenvalue weighted by molar-refractivity contribution is -0.136. The molecule has 2 aromatic carbocycles. The summed E-state index contributed by atoms with van der Waals surface area (Å²) < 4.78 is 20.1. The molecule has 5 aromatic rings. The maximum Gasteiger partial charge on any atom is 0.307 e. The van der Waals surface area contributed by atoms with Gasteiger partial charge in [-0.25, -0.2) is 14.4 Å². The predicted molar refractivity (Wildman–Crippen MR) is 170 cm³/mol. The number of carboxylic acids is 1. The van der Waals surface area contributed by atoms with Crippen molar-refractivity contribution in [2.45, 2.75) is 59.9 Å². The molecule has 44 heavy (non-hydrogen) atoms. The number of rotatable bonds is 5. The number of benzene rings is 2. The largest absolute Gasteiger partial charge is 0.481 e. The van der Waals surface area contributed by atoms with Crippen LogP contribution in [0.25, 0.3) is 33.2 Å². The van der Waals surface area contributed by atoms with Crippen molar-refractivity contribution < 1.29 is 18.7 Å². The van der Waals surface area contributed by atoms with Crippen molar-refractivity contribution in [3.63, 3.8) is 0 Å². The summed E-state index contributed by atoms with van der Waals surface area (Å²) in [6.07, 6.45) is 4.37. The van der Waals surface area contributed by atoms with E-state index < -0.39 is 5.97 Å². The molecule has 7 rings (SSSR count). The van der Waals surface area contributed by atoms with E-state index in [4.69, 9.17) is 9.40 Å². The minimum atomic E-state index is -0.845. The molecular formula is C35H36FN5O3. The molecule has 2 aliphatic rings. The molecule has 0 spiro atoms. The van der Waals surface area contributed by atoms with Crippen molar-refractivity contribution in [3.8, 4) is 11.1 Å². The molecular weight excluding hydrogens is 557 g/mol. The molecule has 1 fully saturated rings. The van der Waals surface area contributed by atoms with E-state index in [9.17, 15) is 14.3 Å². The van der Waals surface area contributed by atoms with Crippen LogP contribution in [0.1, 0.15) is 54.8 Å². The number of hydrogen-bond donors (Lipinski definition) is 1. The molecule has 0 aliphatic carbocycles. The lowest BCUT2D eigenvalue weighted by atomic mass is 9.82. The fraction of sp³-hybridized carbons (Fsp3) is 0.371. The Labute approximate surface area is 255 Å². The van der Waals surface area contributed by atoms with Crippen LogP contribution in [0, 0.1) is 25.1 Å². The molecule has 0 radical (unpaired) electrons. The van der Waals surface area contributed by atoms with Crippen LogP contribution < -0.4 is 9.80 Å². The fourth-order valence-electron chi connectivity index (χ4n) is 6.91. The molecule has 8 nitrogen and oxygen atoms in total. The third kappa shape index (κ3) is 4.94. The second-order valence-electron chi connectivity index (χ2n) is 13.0. The summed E-state index contributed by atoms with van der Waals surface area (Å²) >= 11 is 0. The standard InChI is InChI=1S/C35H36FN5O3/c1-20-26(17-29(42)43)32(40-13-10-35(3,4)11-14-40)30(21(2)39-20)23-5-6-24-18-41(12-9-22(24)15-23)34-33-31(37-19-38-34)27-16-25(36)7-8-28(27)44-33/h5-8,15-16,19H,9-14,17-18H2,1-4H3,(H,42,43). The molecule has 0 saturated carbocycles. The van der Waals surface area contributed by atoms with Crippen LogP contribution in [-0.4, -0.2) is 45.7 Å². The first-order valence-corrected chi connectivity index (χ1v) is 15.2. The highest BCUT2D eigenvalue weighted by atomic mass is 19.1. The van der Waals surface area contributed by atoms with E-state index in [1.54, 1.807) is 6.07 Å². The topological polar surface area (TPSA) is 95.6 Å². The second kappa shape index (κ2) is 10.6. The highest BCUT2D eigenvalue weighted by Gasteiger charge is 2.31. The van der Waals surface area contributed by atoms with Gasteiger partial charge in [-0.05, 0) is 73.4 Å². The normalized spacial score (nSPS) is 16.5. The second-order valence-corrected chi connectivity index (χ2v) is 13.0. The van der Waals surface area contributed by atoms with Crippen molar-refractivity contribution >= 4 is 39.5 Å². The van der Waals surface area contributed by atoms with Gasteiger partial charge in [-0.15, -0.1) is 0 Å². The predicted octanol–water partition coefficient (Wildman–Crippen LogP) is 7.01. The van der Waals surface area contributed by atoms with Gasteiger partial charge in [0, 0.05) is 54.1 Å². The van der Waals surface area contributed by atoms with Crippen LogP contribution in [0.5, 0.6) is 0 Å². The minimum Gasteiger partial charge on any atom is -0.481 e. The Morgan fingerprint density at radius 2 is 1.80 bits per heavy atom. The maximum absolute atomic E-state index is 14.0. The average Bonchev–Trinajstić information content (AvgIpc) is 3.36. The molecule has 1 N–H and O–H groups in total. The molecule has 0 bridgehead atoms. The molecule has 9 heteroatoms. The van der Waals surface area contributed by atoms with E-state index in [0.29, 0.717) is 34.4 Å². The van der Waals surface area contributed by atoms with E-state index in [1.807, 2.05) is 13.8 Å². The first-order chi connectivity index (χ1) is 21.1. The first-order valence-electron chi connectivity index (χ1n) is 15.2. The first kappa shape index (κ1) is 28.3. The Bertz CT molecular complexity index is 1940. The molecule has 0 amide bonds. The zero-order valence-electron chi connectivity index (χ0n) is 25.6. The number of anilines is 2. The number of carboxylic acid groups (broad SMARTS) is 1. The summed E-state index contributed by atoms with van der Waals surface area (Å²) in [7, 11) is 0. The number of aromatic nitrogens is 3. The number of aliphatic carboxylic acids is 1. The van der Waals surface area contributed by atoms with Crippen LogP contribution in [0.2, 0.25) is 0 Å². The van der Waals surface area contributed by atoms with Gasteiger partial charge in [0.05, 0.1) is 12.1 Å². The molecule has 226 valence electrons. The van der Waals surface area contributed by atoms with Crippen molar-refractivity contribution in [2.75, 3.05) is 29.4 Å². The Morgan fingerprint density at radius 3 is 2.57 bits per heavy atom. The number of piperidine rings is 1. The summed E-state index contributed by atoms with van der Waals surface area (Å²) in [6, 6.07) is 11.0. The average molecular weight is 594 g/mol. The van der Waals surface area contributed by atoms with Crippen LogP contribution >= 0.6 is 0 Å². The van der Waals surface area contributed by atoms with Crippen molar-refractivity contribution in [1.29, 1.82) is 0 Å². The number of hydrogen-bond acceptors (Lipinski definition) is 7. The monoisotopic (exact) mass is 593 g/mol. The van der Waals surface area contributed by atoms with E-state index in [-0.39, 0.29) is 17.7 Å². The number of fused-ring (bicyclic) bond motifs is 4. The fourth-order valence-corrected chi connectivity index (χ4v) is 6.91. The zero-order valence-corrected chi connectivity index (χ0v) is 25.6. The Hall–Kier alpha value is -4.53. The molecule has 0 unspecified atom stereocenters. The maximum atomic E-state index is 14.0. The Kier molecular flexibility index (Phi) is 6.79.